The van der Waals surface area contributed by atoms with Gasteiger partial charge in [0.25, 0.3) is 0 Å². The number of aliphatic hydroxyl groups excluding tert-OH is 1. The van der Waals surface area contributed by atoms with E-state index in [1.807, 2.05) is 0 Å². The largest absolute Gasteiger partial charge is 0.481 e. The van der Waals surface area contributed by atoms with Crippen LogP contribution in [0.1, 0.15) is 45.4 Å². The second-order valence-electron chi connectivity index (χ2n) is 4.17. The van der Waals surface area contributed by atoms with Gasteiger partial charge in [-0.25, -0.2) is 0 Å². The molecule has 0 rings (SSSR count). The Hall–Kier alpha value is -1.23. The highest BCUT2D eigenvalue weighted by molar-refractivity contribution is 5.84. The van der Waals surface area contributed by atoms with E-state index in [-0.39, 0.29) is 18.6 Å². The van der Waals surface area contributed by atoms with Crippen LogP contribution in [-0.4, -0.2) is 34.4 Å². The molecule has 2 unspecified atom stereocenters. The smallest absolute Gasteiger partial charge is 0.303 e. The molecule has 0 aliphatic heterocycles. The Balaban J connectivity index is 3.85. The second-order valence-corrected chi connectivity index (χ2v) is 4.17. The maximum atomic E-state index is 11.5. The van der Waals surface area contributed by atoms with E-state index in [9.17, 15) is 19.5 Å². The first-order valence-corrected chi connectivity index (χ1v) is 5.85. The van der Waals surface area contributed by atoms with E-state index < -0.39 is 18.0 Å². The third-order valence-electron chi connectivity index (χ3n) is 2.74. The van der Waals surface area contributed by atoms with Crippen molar-refractivity contribution in [2.24, 2.45) is 5.92 Å². The van der Waals surface area contributed by atoms with E-state index >= 15 is 0 Å². The number of aliphatic hydroxyl groups is 1. The molecule has 0 aliphatic rings. The fourth-order valence-corrected chi connectivity index (χ4v) is 1.50. The molecular weight excluding hydrogens is 224 g/mol. The van der Waals surface area contributed by atoms with Gasteiger partial charge in [0.1, 0.15) is 12.1 Å². The normalized spacial score (nSPS) is 14.0. The van der Waals surface area contributed by atoms with Crippen LogP contribution in [0.25, 0.3) is 0 Å². The molecule has 0 fully saturated rings. The lowest BCUT2D eigenvalue weighted by atomic mass is 9.93. The number of aldehydes is 1. The average molecular weight is 244 g/mol. The van der Waals surface area contributed by atoms with Crippen molar-refractivity contribution in [2.75, 3.05) is 0 Å². The van der Waals surface area contributed by atoms with Crippen LogP contribution < -0.4 is 0 Å². The van der Waals surface area contributed by atoms with Gasteiger partial charge in [0.15, 0.2) is 0 Å². The van der Waals surface area contributed by atoms with Crippen LogP contribution >= 0.6 is 0 Å². The lowest BCUT2D eigenvalue weighted by Gasteiger charge is -2.17. The Morgan fingerprint density at radius 2 is 1.88 bits per heavy atom. The van der Waals surface area contributed by atoms with Crippen LogP contribution in [0.15, 0.2) is 0 Å². The quantitative estimate of drug-likeness (QED) is 0.444. The number of rotatable bonds is 10. The Labute approximate surface area is 101 Å². The van der Waals surface area contributed by atoms with Crippen molar-refractivity contribution >= 4 is 18.0 Å². The monoisotopic (exact) mass is 244 g/mol. The number of aliphatic carboxylic acids is 1. The average Bonchev–Trinajstić information content (AvgIpc) is 2.30. The molecule has 0 aromatic rings. The minimum absolute atomic E-state index is 0.0398. The Kier molecular flexibility index (Phi) is 8.23. The maximum Gasteiger partial charge on any atom is 0.303 e. The number of ketones is 1. The van der Waals surface area contributed by atoms with Gasteiger partial charge in [0.2, 0.25) is 0 Å². The Morgan fingerprint density at radius 1 is 1.24 bits per heavy atom. The van der Waals surface area contributed by atoms with Gasteiger partial charge < -0.3 is 15.0 Å². The summed E-state index contributed by atoms with van der Waals surface area (Å²) in [6.45, 7) is 1.61. The van der Waals surface area contributed by atoms with Crippen molar-refractivity contribution < 1.29 is 24.6 Å². The lowest BCUT2D eigenvalue weighted by Crippen LogP contribution is -2.26. The van der Waals surface area contributed by atoms with Gasteiger partial charge in [-0.15, -0.1) is 0 Å². The first-order valence-electron chi connectivity index (χ1n) is 5.85. The molecule has 5 heteroatoms. The molecule has 0 amide bonds. The molecule has 2 atom stereocenters. The molecule has 2 N–H and O–H groups in total. The molecule has 17 heavy (non-hydrogen) atoms. The highest BCUT2D eigenvalue weighted by Gasteiger charge is 2.21. The van der Waals surface area contributed by atoms with Crippen LogP contribution in [0.3, 0.4) is 0 Å². The third kappa shape index (κ3) is 7.63. The molecule has 98 valence electrons. The van der Waals surface area contributed by atoms with Crippen LogP contribution in [0.5, 0.6) is 0 Å². The van der Waals surface area contributed by atoms with Gasteiger partial charge in [-0.3, -0.25) is 9.59 Å². The Bertz CT molecular complexity index is 262. The van der Waals surface area contributed by atoms with E-state index in [0.717, 1.165) is 6.29 Å². The number of hydrogen-bond acceptors (Lipinski definition) is 4. The lowest BCUT2D eigenvalue weighted by molar-refractivity contribution is -0.139. The van der Waals surface area contributed by atoms with Crippen molar-refractivity contribution in [2.45, 2.75) is 51.6 Å². The first kappa shape index (κ1) is 15.8. The molecule has 5 nitrogen and oxygen atoms in total. The van der Waals surface area contributed by atoms with E-state index in [2.05, 4.69) is 0 Å². The summed E-state index contributed by atoms with van der Waals surface area (Å²) < 4.78 is 0. The molecular formula is C12H20O5. The summed E-state index contributed by atoms with van der Waals surface area (Å²) in [5, 5.41) is 18.1. The van der Waals surface area contributed by atoms with Crippen molar-refractivity contribution in [1.29, 1.82) is 0 Å². The van der Waals surface area contributed by atoms with Crippen LogP contribution in [0.4, 0.5) is 0 Å². The summed E-state index contributed by atoms with van der Waals surface area (Å²) in [5.74, 6) is -1.77. The number of hydrogen-bond donors (Lipinski definition) is 2. The standard InChI is InChI=1S/C12H20O5/c1-9(11(15)6-7-12(16)17)10(14)5-3-2-4-8-13/h8-10,14H,2-7H2,1H3,(H,16,17). The van der Waals surface area contributed by atoms with Crippen molar-refractivity contribution in [3.05, 3.63) is 0 Å². The number of carbonyl (C=O) groups excluding carboxylic acids is 2. The van der Waals surface area contributed by atoms with Gasteiger partial charge in [-0.2, -0.15) is 0 Å². The molecule has 0 radical (unpaired) electrons. The molecule has 0 bridgehead atoms. The van der Waals surface area contributed by atoms with Crippen LogP contribution in [-0.2, 0) is 14.4 Å². The van der Waals surface area contributed by atoms with Crippen molar-refractivity contribution in [3.63, 3.8) is 0 Å². The van der Waals surface area contributed by atoms with Crippen LogP contribution in [0, 0.1) is 5.92 Å². The molecule has 0 heterocycles. The van der Waals surface area contributed by atoms with Gasteiger partial charge in [0, 0.05) is 18.8 Å². The first-order chi connectivity index (χ1) is 7.99. The van der Waals surface area contributed by atoms with Gasteiger partial charge in [0.05, 0.1) is 12.5 Å². The molecule has 0 saturated heterocycles. The van der Waals surface area contributed by atoms with Crippen LogP contribution in [0.2, 0.25) is 0 Å². The Morgan fingerprint density at radius 3 is 2.41 bits per heavy atom. The molecule has 0 spiro atoms. The number of carboxylic acid groups (broad SMARTS) is 1. The highest BCUT2D eigenvalue weighted by atomic mass is 16.4. The second kappa shape index (κ2) is 8.87. The fourth-order valence-electron chi connectivity index (χ4n) is 1.50. The van der Waals surface area contributed by atoms with Gasteiger partial charge >= 0.3 is 5.97 Å². The molecule has 0 saturated carbocycles. The molecule has 0 aromatic carbocycles. The molecule has 0 aromatic heterocycles. The number of unbranched alkanes of at least 4 members (excludes halogenated alkanes) is 2. The fraction of sp³-hybridized carbons (Fsp3) is 0.750. The number of carbonyl (C=O) groups is 3. The molecule has 0 aliphatic carbocycles. The zero-order valence-electron chi connectivity index (χ0n) is 10.1. The summed E-state index contributed by atoms with van der Waals surface area (Å²) >= 11 is 0. The summed E-state index contributed by atoms with van der Waals surface area (Å²) in [6, 6.07) is 0. The minimum atomic E-state index is -1.01. The zero-order valence-corrected chi connectivity index (χ0v) is 10.1. The maximum absolute atomic E-state index is 11.5. The van der Waals surface area contributed by atoms with E-state index in [1.165, 1.54) is 0 Å². The number of carboxylic acids is 1. The highest BCUT2D eigenvalue weighted by Crippen LogP contribution is 2.14. The summed E-state index contributed by atoms with van der Waals surface area (Å²) in [4.78, 5) is 31.9. The zero-order chi connectivity index (χ0) is 13.3. The summed E-state index contributed by atoms with van der Waals surface area (Å²) in [5.41, 5.74) is 0. The van der Waals surface area contributed by atoms with Crippen molar-refractivity contribution in [3.8, 4) is 0 Å². The SMILES string of the molecule is CC(C(=O)CCC(=O)O)C(O)CCCCC=O. The van der Waals surface area contributed by atoms with E-state index in [0.29, 0.717) is 25.7 Å². The van der Waals surface area contributed by atoms with E-state index in [4.69, 9.17) is 5.11 Å². The van der Waals surface area contributed by atoms with Gasteiger partial charge in [-0.1, -0.05) is 13.3 Å². The van der Waals surface area contributed by atoms with Gasteiger partial charge in [-0.05, 0) is 12.8 Å². The predicted octanol–water partition coefficient (Wildman–Crippen LogP) is 1.18. The van der Waals surface area contributed by atoms with E-state index in [1.54, 1.807) is 6.92 Å². The predicted molar refractivity (Wildman–Crippen MR) is 61.6 cm³/mol. The number of Topliss-reactive ketones (excluding diaryl/α,β-unsaturated/α-hetero) is 1. The third-order valence-corrected chi connectivity index (χ3v) is 2.74. The topological polar surface area (TPSA) is 91.7 Å². The summed E-state index contributed by atoms with van der Waals surface area (Å²) in [7, 11) is 0. The minimum Gasteiger partial charge on any atom is -0.481 e. The summed E-state index contributed by atoms with van der Waals surface area (Å²) in [6.07, 6.45) is 2.18. The van der Waals surface area contributed by atoms with Crippen molar-refractivity contribution in [1.82, 2.24) is 0 Å².